The Morgan fingerprint density at radius 2 is 2.06 bits per heavy atom. The quantitative estimate of drug-likeness (QED) is 0.569. The molecule has 0 fully saturated rings. The van der Waals surface area contributed by atoms with Crippen LogP contribution in [-0.4, -0.2) is 30.4 Å². The molecule has 0 aliphatic rings. The Hall–Kier alpha value is -1.49. The van der Waals surface area contributed by atoms with Gasteiger partial charge in [0.1, 0.15) is 12.3 Å². The standard InChI is InChI=1S/C13H22N2O3/c1-3-5-15-10-11(14)9-12(15)13(16)18-8-7-17-6-4-2/h9-10H,3-8,14H2,1-2H3. The maximum absolute atomic E-state index is 11.8. The van der Waals surface area contributed by atoms with E-state index in [4.69, 9.17) is 15.2 Å². The van der Waals surface area contributed by atoms with Crippen LogP contribution in [0, 0.1) is 0 Å². The minimum absolute atomic E-state index is 0.274. The number of hydrogen-bond acceptors (Lipinski definition) is 4. The molecule has 0 spiro atoms. The van der Waals surface area contributed by atoms with Crippen molar-refractivity contribution < 1.29 is 14.3 Å². The molecule has 18 heavy (non-hydrogen) atoms. The highest BCUT2D eigenvalue weighted by atomic mass is 16.6. The van der Waals surface area contributed by atoms with Crippen LogP contribution in [0.15, 0.2) is 12.3 Å². The third-order valence-corrected chi connectivity index (χ3v) is 2.40. The molecule has 0 radical (unpaired) electrons. The Balaban J connectivity index is 2.45. The molecule has 102 valence electrons. The molecule has 0 saturated carbocycles. The number of nitrogens with zero attached hydrogens (tertiary/aromatic N) is 1. The second kappa shape index (κ2) is 7.76. The fraction of sp³-hybridized carbons (Fsp3) is 0.615. The van der Waals surface area contributed by atoms with Gasteiger partial charge in [-0.25, -0.2) is 4.79 Å². The summed E-state index contributed by atoms with van der Waals surface area (Å²) in [4.78, 5) is 11.8. The number of rotatable bonds is 8. The molecule has 0 amide bonds. The maximum atomic E-state index is 11.8. The van der Waals surface area contributed by atoms with E-state index in [9.17, 15) is 4.79 Å². The molecular formula is C13H22N2O3. The van der Waals surface area contributed by atoms with Crippen molar-refractivity contribution in [3.63, 3.8) is 0 Å². The summed E-state index contributed by atoms with van der Waals surface area (Å²) >= 11 is 0. The van der Waals surface area contributed by atoms with Crippen LogP contribution in [0.1, 0.15) is 37.2 Å². The van der Waals surface area contributed by atoms with Gasteiger partial charge in [-0.05, 0) is 18.9 Å². The van der Waals surface area contributed by atoms with Crippen molar-refractivity contribution in [1.82, 2.24) is 4.57 Å². The number of nitrogen functional groups attached to an aromatic ring is 1. The van der Waals surface area contributed by atoms with Gasteiger partial charge >= 0.3 is 5.97 Å². The molecule has 1 rings (SSSR count). The van der Waals surface area contributed by atoms with Gasteiger partial charge < -0.3 is 19.8 Å². The lowest BCUT2D eigenvalue weighted by Crippen LogP contribution is -2.15. The summed E-state index contributed by atoms with van der Waals surface area (Å²) < 4.78 is 12.2. The van der Waals surface area contributed by atoms with Crippen molar-refractivity contribution in [2.75, 3.05) is 25.6 Å². The summed E-state index contributed by atoms with van der Waals surface area (Å²) in [6.45, 7) is 6.24. The predicted octanol–water partition coefficient (Wildman–Crippen LogP) is 2.06. The zero-order valence-corrected chi connectivity index (χ0v) is 11.1. The summed E-state index contributed by atoms with van der Waals surface area (Å²) in [5.41, 5.74) is 6.77. The molecule has 1 heterocycles. The minimum atomic E-state index is -0.347. The third kappa shape index (κ3) is 4.41. The topological polar surface area (TPSA) is 66.5 Å². The van der Waals surface area contributed by atoms with E-state index in [0.717, 1.165) is 19.4 Å². The molecule has 0 saturated heterocycles. The van der Waals surface area contributed by atoms with Crippen molar-refractivity contribution in [1.29, 1.82) is 0 Å². The van der Waals surface area contributed by atoms with Crippen LogP contribution < -0.4 is 5.73 Å². The van der Waals surface area contributed by atoms with Crippen molar-refractivity contribution in [2.45, 2.75) is 33.2 Å². The SMILES string of the molecule is CCCOCCOC(=O)c1cc(N)cn1CCC. The summed E-state index contributed by atoms with van der Waals surface area (Å²) in [6.07, 6.45) is 3.66. The van der Waals surface area contributed by atoms with Gasteiger partial charge in [0.2, 0.25) is 0 Å². The molecule has 1 aromatic heterocycles. The van der Waals surface area contributed by atoms with Crippen molar-refractivity contribution in [2.24, 2.45) is 0 Å². The van der Waals surface area contributed by atoms with E-state index in [1.165, 1.54) is 0 Å². The van der Waals surface area contributed by atoms with E-state index in [2.05, 4.69) is 0 Å². The molecule has 0 unspecified atom stereocenters. The minimum Gasteiger partial charge on any atom is -0.459 e. The molecule has 0 bridgehead atoms. The highest BCUT2D eigenvalue weighted by molar-refractivity contribution is 5.89. The zero-order chi connectivity index (χ0) is 13.4. The molecular weight excluding hydrogens is 232 g/mol. The Morgan fingerprint density at radius 1 is 1.28 bits per heavy atom. The van der Waals surface area contributed by atoms with Crippen LogP contribution in [-0.2, 0) is 16.0 Å². The van der Waals surface area contributed by atoms with Gasteiger partial charge in [0.05, 0.1) is 12.3 Å². The van der Waals surface area contributed by atoms with Gasteiger partial charge in [0, 0.05) is 19.3 Å². The van der Waals surface area contributed by atoms with Crippen LogP contribution in [0.3, 0.4) is 0 Å². The highest BCUT2D eigenvalue weighted by Gasteiger charge is 2.13. The monoisotopic (exact) mass is 254 g/mol. The average Bonchev–Trinajstić information content (AvgIpc) is 2.70. The summed E-state index contributed by atoms with van der Waals surface area (Å²) in [6, 6.07) is 1.64. The maximum Gasteiger partial charge on any atom is 0.355 e. The van der Waals surface area contributed by atoms with E-state index in [1.807, 2.05) is 18.4 Å². The number of aryl methyl sites for hydroxylation is 1. The van der Waals surface area contributed by atoms with Crippen LogP contribution in [0.25, 0.3) is 0 Å². The molecule has 1 aromatic rings. The average molecular weight is 254 g/mol. The van der Waals surface area contributed by atoms with E-state index in [1.54, 1.807) is 12.3 Å². The fourth-order valence-electron chi connectivity index (χ4n) is 1.64. The molecule has 0 aliphatic heterocycles. The smallest absolute Gasteiger partial charge is 0.355 e. The molecule has 0 atom stereocenters. The van der Waals surface area contributed by atoms with E-state index in [0.29, 0.717) is 24.6 Å². The van der Waals surface area contributed by atoms with E-state index < -0.39 is 0 Å². The van der Waals surface area contributed by atoms with Crippen molar-refractivity contribution in [3.8, 4) is 0 Å². The predicted molar refractivity (Wildman–Crippen MR) is 70.5 cm³/mol. The lowest BCUT2D eigenvalue weighted by Gasteiger charge is -2.08. The number of nitrogens with two attached hydrogens (primary N) is 1. The van der Waals surface area contributed by atoms with E-state index in [-0.39, 0.29) is 12.6 Å². The summed E-state index contributed by atoms with van der Waals surface area (Å²) in [7, 11) is 0. The van der Waals surface area contributed by atoms with Gasteiger partial charge in [0.25, 0.3) is 0 Å². The first-order chi connectivity index (χ1) is 8.69. The second-order valence-corrected chi connectivity index (χ2v) is 4.10. The number of ether oxygens (including phenoxy) is 2. The third-order valence-electron chi connectivity index (χ3n) is 2.40. The number of anilines is 1. The first-order valence-electron chi connectivity index (χ1n) is 6.39. The molecule has 0 aliphatic carbocycles. The van der Waals surface area contributed by atoms with E-state index >= 15 is 0 Å². The number of esters is 1. The highest BCUT2D eigenvalue weighted by Crippen LogP contribution is 2.12. The lowest BCUT2D eigenvalue weighted by atomic mass is 10.4. The van der Waals surface area contributed by atoms with Gasteiger partial charge in [-0.15, -0.1) is 0 Å². The van der Waals surface area contributed by atoms with Gasteiger partial charge in [0.15, 0.2) is 0 Å². The molecule has 5 heteroatoms. The Kier molecular flexibility index (Phi) is 6.28. The molecule has 2 N–H and O–H groups in total. The Labute approximate surface area is 108 Å². The number of hydrogen-bond donors (Lipinski definition) is 1. The van der Waals surface area contributed by atoms with Crippen molar-refractivity contribution >= 4 is 11.7 Å². The van der Waals surface area contributed by atoms with Gasteiger partial charge in [-0.2, -0.15) is 0 Å². The van der Waals surface area contributed by atoms with Crippen LogP contribution in [0.2, 0.25) is 0 Å². The lowest BCUT2D eigenvalue weighted by molar-refractivity contribution is 0.0308. The summed E-state index contributed by atoms with van der Waals surface area (Å²) in [5.74, 6) is -0.347. The molecule has 0 aromatic carbocycles. The summed E-state index contributed by atoms with van der Waals surface area (Å²) in [5, 5.41) is 0. The largest absolute Gasteiger partial charge is 0.459 e. The normalized spacial score (nSPS) is 10.6. The number of carbonyl (C=O) groups is 1. The first kappa shape index (κ1) is 14.6. The number of carbonyl (C=O) groups excluding carboxylic acids is 1. The fourth-order valence-corrected chi connectivity index (χ4v) is 1.64. The zero-order valence-electron chi connectivity index (χ0n) is 11.1. The number of aromatic nitrogens is 1. The Morgan fingerprint density at radius 3 is 2.72 bits per heavy atom. The van der Waals surface area contributed by atoms with Gasteiger partial charge in [-0.3, -0.25) is 0 Å². The van der Waals surface area contributed by atoms with Crippen LogP contribution in [0.4, 0.5) is 5.69 Å². The van der Waals surface area contributed by atoms with Gasteiger partial charge in [-0.1, -0.05) is 13.8 Å². The first-order valence-corrected chi connectivity index (χ1v) is 6.39. The second-order valence-electron chi connectivity index (χ2n) is 4.10. The van der Waals surface area contributed by atoms with Crippen molar-refractivity contribution in [3.05, 3.63) is 18.0 Å². The Bertz CT molecular complexity index is 374. The van der Waals surface area contributed by atoms with Crippen LogP contribution >= 0.6 is 0 Å². The molecule has 5 nitrogen and oxygen atoms in total. The van der Waals surface area contributed by atoms with Crippen LogP contribution in [0.5, 0.6) is 0 Å².